The first-order chi connectivity index (χ1) is 12.4. The lowest BCUT2D eigenvalue weighted by Crippen LogP contribution is -2.36. The third-order valence-corrected chi connectivity index (χ3v) is 5.30. The Hall–Kier alpha value is -1.36. The molecule has 0 fully saturated rings. The molecule has 2 rings (SSSR count). The van der Waals surface area contributed by atoms with E-state index >= 15 is 0 Å². The van der Waals surface area contributed by atoms with Crippen LogP contribution in [0.5, 0.6) is 0 Å². The van der Waals surface area contributed by atoms with Crippen LogP contribution in [-0.2, 0) is 28.9 Å². The maximum absolute atomic E-state index is 11.7. The van der Waals surface area contributed by atoms with Crippen molar-refractivity contribution < 1.29 is 8.42 Å². The molecule has 0 saturated carbocycles. The highest BCUT2D eigenvalue weighted by molar-refractivity contribution is 14.0. The van der Waals surface area contributed by atoms with Gasteiger partial charge in [0.2, 0.25) is 10.0 Å². The molecule has 27 heavy (non-hydrogen) atoms. The molecular formula is C18H24ClIN4O2S. The molecule has 148 valence electrons. The summed E-state index contributed by atoms with van der Waals surface area (Å²) in [6.45, 7) is 1.16. The summed E-state index contributed by atoms with van der Waals surface area (Å²) >= 11 is 5.88. The quantitative estimate of drug-likeness (QED) is 0.297. The van der Waals surface area contributed by atoms with E-state index in [4.69, 9.17) is 11.6 Å². The Balaban J connectivity index is 0.00000364. The zero-order chi connectivity index (χ0) is 19.0. The van der Waals surface area contributed by atoms with Gasteiger partial charge in [0.15, 0.2) is 5.96 Å². The summed E-state index contributed by atoms with van der Waals surface area (Å²) in [5.41, 5.74) is 2.81. The molecule has 0 unspecified atom stereocenters. The van der Waals surface area contributed by atoms with Crippen LogP contribution in [0.4, 0.5) is 0 Å². The van der Waals surface area contributed by atoms with Crippen molar-refractivity contribution in [2.24, 2.45) is 4.99 Å². The summed E-state index contributed by atoms with van der Waals surface area (Å²) in [5.74, 6) is 0.620. The maximum Gasteiger partial charge on any atom is 0.215 e. The second-order valence-electron chi connectivity index (χ2n) is 5.69. The molecule has 3 N–H and O–H groups in total. The van der Waals surface area contributed by atoms with Crippen molar-refractivity contribution in [2.45, 2.75) is 18.8 Å². The normalized spacial score (nSPS) is 11.6. The van der Waals surface area contributed by atoms with E-state index in [2.05, 4.69) is 20.3 Å². The number of rotatable bonds is 7. The first kappa shape index (κ1) is 23.7. The molecule has 0 aliphatic carbocycles. The van der Waals surface area contributed by atoms with Crippen LogP contribution in [0.2, 0.25) is 5.02 Å². The lowest BCUT2D eigenvalue weighted by atomic mass is 10.1. The first-order valence-corrected chi connectivity index (χ1v) is 10.1. The maximum atomic E-state index is 11.7. The SMILES string of the molecule is CN=C(NCc1ccc(Cl)cc1)NCc1cccc(CS(=O)(=O)NC)c1.I. The number of nitrogens with zero attached hydrogens (tertiary/aromatic N) is 1. The Morgan fingerprint density at radius 3 is 2.19 bits per heavy atom. The second kappa shape index (κ2) is 11.5. The minimum atomic E-state index is -3.28. The van der Waals surface area contributed by atoms with Gasteiger partial charge < -0.3 is 10.6 Å². The number of benzene rings is 2. The summed E-state index contributed by atoms with van der Waals surface area (Å²) in [7, 11) is -0.168. The largest absolute Gasteiger partial charge is 0.352 e. The second-order valence-corrected chi connectivity index (χ2v) is 8.05. The Morgan fingerprint density at radius 2 is 1.59 bits per heavy atom. The Morgan fingerprint density at radius 1 is 1.00 bits per heavy atom. The van der Waals surface area contributed by atoms with Gasteiger partial charge in [-0.25, -0.2) is 13.1 Å². The topological polar surface area (TPSA) is 82.6 Å². The van der Waals surface area contributed by atoms with Crippen molar-refractivity contribution in [1.82, 2.24) is 15.4 Å². The van der Waals surface area contributed by atoms with E-state index in [1.807, 2.05) is 42.5 Å². The van der Waals surface area contributed by atoms with E-state index < -0.39 is 10.0 Å². The fourth-order valence-electron chi connectivity index (χ4n) is 2.32. The molecule has 0 aliphatic rings. The van der Waals surface area contributed by atoms with E-state index in [9.17, 15) is 8.42 Å². The lowest BCUT2D eigenvalue weighted by Gasteiger charge is -2.13. The Labute approximate surface area is 182 Å². The molecule has 0 amide bonds. The van der Waals surface area contributed by atoms with Crippen LogP contribution >= 0.6 is 35.6 Å². The minimum absolute atomic E-state index is 0. The molecular weight excluding hydrogens is 499 g/mol. The average molecular weight is 523 g/mol. The molecule has 0 bridgehead atoms. The van der Waals surface area contributed by atoms with E-state index in [1.54, 1.807) is 13.1 Å². The number of halogens is 2. The third-order valence-electron chi connectivity index (χ3n) is 3.72. The van der Waals surface area contributed by atoms with Crippen LogP contribution in [0.15, 0.2) is 53.5 Å². The number of hydrogen-bond donors (Lipinski definition) is 3. The van der Waals surface area contributed by atoms with Crippen molar-refractivity contribution in [3.8, 4) is 0 Å². The summed E-state index contributed by atoms with van der Waals surface area (Å²) in [6, 6.07) is 15.1. The smallest absolute Gasteiger partial charge is 0.215 e. The molecule has 0 saturated heterocycles. The summed E-state index contributed by atoms with van der Waals surface area (Å²) in [6.07, 6.45) is 0. The predicted molar refractivity (Wildman–Crippen MR) is 122 cm³/mol. The van der Waals surface area contributed by atoms with Gasteiger partial charge in [0, 0.05) is 25.2 Å². The van der Waals surface area contributed by atoms with Gasteiger partial charge in [-0.15, -0.1) is 24.0 Å². The molecule has 0 aliphatic heterocycles. The van der Waals surface area contributed by atoms with Crippen molar-refractivity contribution in [1.29, 1.82) is 0 Å². The molecule has 0 spiro atoms. The summed E-state index contributed by atoms with van der Waals surface area (Å²) < 4.78 is 25.7. The highest BCUT2D eigenvalue weighted by Gasteiger charge is 2.09. The molecule has 9 heteroatoms. The number of nitrogens with one attached hydrogen (secondary N) is 3. The van der Waals surface area contributed by atoms with Crippen LogP contribution in [0.3, 0.4) is 0 Å². The fraction of sp³-hybridized carbons (Fsp3) is 0.278. The van der Waals surface area contributed by atoms with Gasteiger partial charge in [-0.2, -0.15) is 0 Å². The lowest BCUT2D eigenvalue weighted by molar-refractivity contribution is 0.587. The number of aliphatic imine (C=N–C) groups is 1. The van der Waals surface area contributed by atoms with Gasteiger partial charge in [0.05, 0.1) is 5.75 Å². The van der Waals surface area contributed by atoms with Crippen molar-refractivity contribution in [2.75, 3.05) is 14.1 Å². The molecule has 0 radical (unpaired) electrons. The van der Waals surface area contributed by atoms with E-state index in [1.165, 1.54) is 7.05 Å². The molecule has 6 nitrogen and oxygen atoms in total. The summed E-state index contributed by atoms with van der Waals surface area (Å²) in [5, 5.41) is 7.15. The Kier molecular flexibility index (Phi) is 10.1. The molecule has 2 aromatic carbocycles. The van der Waals surface area contributed by atoms with E-state index in [0.29, 0.717) is 24.1 Å². The Bertz CT molecular complexity index is 858. The van der Waals surface area contributed by atoms with Crippen LogP contribution in [-0.4, -0.2) is 28.5 Å². The van der Waals surface area contributed by atoms with Gasteiger partial charge in [0.25, 0.3) is 0 Å². The van der Waals surface area contributed by atoms with Gasteiger partial charge in [0.1, 0.15) is 0 Å². The molecule has 2 aromatic rings. The van der Waals surface area contributed by atoms with Crippen LogP contribution in [0, 0.1) is 0 Å². The van der Waals surface area contributed by atoms with Gasteiger partial charge in [-0.05, 0) is 35.9 Å². The van der Waals surface area contributed by atoms with Gasteiger partial charge in [-0.3, -0.25) is 4.99 Å². The zero-order valence-corrected chi connectivity index (χ0v) is 19.1. The highest BCUT2D eigenvalue weighted by Crippen LogP contribution is 2.10. The first-order valence-electron chi connectivity index (χ1n) is 8.10. The standard InChI is InChI=1S/C18H23ClN4O2S.HI/c1-20-18(22-11-14-6-8-17(19)9-7-14)23-12-15-4-3-5-16(10-15)13-26(24,25)21-2;/h3-10,21H,11-13H2,1-2H3,(H2,20,22,23);1H. The van der Waals surface area contributed by atoms with Crippen LogP contribution < -0.4 is 15.4 Å². The van der Waals surface area contributed by atoms with E-state index in [-0.39, 0.29) is 29.7 Å². The van der Waals surface area contributed by atoms with Gasteiger partial charge >= 0.3 is 0 Å². The molecule has 0 heterocycles. The highest BCUT2D eigenvalue weighted by atomic mass is 127. The minimum Gasteiger partial charge on any atom is -0.352 e. The van der Waals surface area contributed by atoms with Crippen LogP contribution in [0.25, 0.3) is 0 Å². The van der Waals surface area contributed by atoms with Gasteiger partial charge in [-0.1, -0.05) is 48.0 Å². The van der Waals surface area contributed by atoms with Crippen LogP contribution in [0.1, 0.15) is 16.7 Å². The van der Waals surface area contributed by atoms with Crippen molar-refractivity contribution in [3.63, 3.8) is 0 Å². The third kappa shape index (κ3) is 8.46. The van der Waals surface area contributed by atoms with Crippen molar-refractivity contribution in [3.05, 3.63) is 70.2 Å². The molecule has 0 atom stereocenters. The average Bonchev–Trinajstić information content (AvgIpc) is 2.63. The predicted octanol–water partition coefficient (Wildman–Crippen LogP) is 2.87. The number of guanidine groups is 1. The van der Waals surface area contributed by atoms with Crippen molar-refractivity contribution >= 4 is 51.6 Å². The number of hydrogen-bond acceptors (Lipinski definition) is 3. The molecule has 0 aromatic heterocycles. The summed E-state index contributed by atoms with van der Waals surface area (Å²) in [4.78, 5) is 4.19. The zero-order valence-electron chi connectivity index (χ0n) is 15.2. The monoisotopic (exact) mass is 522 g/mol. The van der Waals surface area contributed by atoms with E-state index in [0.717, 1.165) is 16.7 Å². The number of sulfonamides is 1. The fourth-order valence-corrected chi connectivity index (χ4v) is 3.20.